The highest BCUT2D eigenvalue weighted by Crippen LogP contribution is 2.57. The van der Waals surface area contributed by atoms with Crippen LogP contribution >= 0.6 is 14.1 Å². The van der Waals surface area contributed by atoms with E-state index in [1.54, 1.807) is 5.80 Å². The van der Waals surface area contributed by atoms with Gasteiger partial charge in [-0.1, -0.05) is 146 Å². The number of carbonyl (C=O) groups is 1. The van der Waals surface area contributed by atoms with Crippen LogP contribution < -0.4 is 31.8 Å². The van der Waals surface area contributed by atoms with Gasteiger partial charge >= 0.3 is 0 Å². The number of benzene rings is 6. The lowest BCUT2D eigenvalue weighted by Crippen LogP contribution is -2.31. The number of aliphatic hydroxyl groups excluding tert-OH is 1. The zero-order valence-corrected chi connectivity index (χ0v) is 26.0. The molecule has 0 aliphatic rings. The molecule has 0 unspecified atom stereocenters. The monoisotopic (exact) mass is 607 g/mol. The Hall–Kier alpha value is -4.74. The van der Waals surface area contributed by atoms with Crippen LogP contribution in [0.15, 0.2) is 194 Å². The van der Waals surface area contributed by atoms with Crippen LogP contribution in [0.3, 0.4) is 0 Å². The molecule has 6 aromatic carbocycles. The summed E-state index contributed by atoms with van der Waals surface area (Å²) in [6, 6.07) is 61.3. The van der Waals surface area contributed by atoms with Gasteiger partial charge in [-0.05, 0) is 65.0 Å². The van der Waals surface area contributed by atoms with E-state index in [0.717, 1.165) is 31.8 Å². The van der Waals surface area contributed by atoms with E-state index < -0.39 is 14.1 Å². The summed E-state index contributed by atoms with van der Waals surface area (Å²) >= 11 is 0. The van der Waals surface area contributed by atoms with Crippen LogP contribution in [0.1, 0.15) is 0 Å². The van der Waals surface area contributed by atoms with Crippen LogP contribution in [-0.2, 0) is 4.79 Å². The molecule has 4 heteroatoms. The molecule has 0 aliphatic heterocycles. The Morgan fingerprint density at radius 1 is 0.455 bits per heavy atom. The van der Waals surface area contributed by atoms with Gasteiger partial charge in [0.2, 0.25) is 5.78 Å². The third kappa shape index (κ3) is 5.63. The van der Waals surface area contributed by atoms with Crippen LogP contribution in [0.25, 0.3) is 0 Å². The van der Waals surface area contributed by atoms with E-state index in [-0.39, 0.29) is 11.5 Å². The Morgan fingerprint density at radius 3 is 1.02 bits per heavy atom. The topological polar surface area (TPSA) is 37.3 Å². The molecule has 44 heavy (non-hydrogen) atoms. The molecule has 1 N–H and O–H groups in total. The lowest BCUT2D eigenvalue weighted by molar-refractivity contribution is -0.111. The highest BCUT2D eigenvalue weighted by Gasteiger charge is 2.45. The van der Waals surface area contributed by atoms with E-state index in [2.05, 4.69) is 72.8 Å². The average molecular weight is 608 g/mol. The summed E-state index contributed by atoms with van der Waals surface area (Å²) < 4.78 is 0. The Labute approximate surface area is 260 Å². The maximum absolute atomic E-state index is 14.5. The van der Waals surface area contributed by atoms with Gasteiger partial charge in [0.05, 0.1) is 0 Å². The molecule has 0 radical (unpaired) electrons. The minimum atomic E-state index is -2.61. The van der Waals surface area contributed by atoms with Crippen LogP contribution in [-0.4, -0.2) is 16.7 Å². The van der Waals surface area contributed by atoms with Crippen molar-refractivity contribution in [3.8, 4) is 0 Å². The summed E-state index contributed by atoms with van der Waals surface area (Å²) in [5.74, 6) is 3.01. The number of aliphatic hydroxyl groups is 1. The molecular formula is C40H33O2P2+. The zero-order chi connectivity index (χ0) is 30.2. The van der Waals surface area contributed by atoms with E-state index in [1.807, 2.05) is 115 Å². The fourth-order valence-corrected chi connectivity index (χ4v) is 13.3. The number of carbonyl (C=O) groups excluding carboxylic acids is 1. The zero-order valence-electron chi connectivity index (χ0n) is 24.2. The number of hydrogen-bond donors (Lipinski definition) is 1. The van der Waals surface area contributed by atoms with Gasteiger partial charge in [-0.2, -0.15) is 0 Å². The van der Waals surface area contributed by atoms with Gasteiger partial charge in [-0.25, -0.2) is 0 Å². The molecule has 0 fully saturated rings. The molecule has 214 valence electrons. The van der Waals surface area contributed by atoms with E-state index in [1.165, 1.54) is 0 Å². The first-order valence-corrected chi connectivity index (χ1v) is 18.3. The van der Waals surface area contributed by atoms with Gasteiger partial charge in [0.25, 0.3) is 0 Å². The average Bonchev–Trinajstić information content (AvgIpc) is 3.11. The second kappa shape index (κ2) is 13.3. The molecule has 0 heterocycles. The van der Waals surface area contributed by atoms with Crippen molar-refractivity contribution >= 4 is 57.6 Å². The fraction of sp³-hybridized carbons (Fsp3) is 0. The quantitative estimate of drug-likeness (QED) is 0.112. The third-order valence-corrected chi connectivity index (χ3v) is 15.8. The SMILES string of the molecule is O=C(C=P(c1ccccc1)(c1ccccc1)c1ccccc1)/C(O)=C/[P+](c1ccccc1)(c1ccccc1)c1ccccc1. The summed E-state index contributed by atoms with van der Waals surface area (Å²) in [6.07, 6.45) is 0. The van der Waals surface area contributed by atoms with Gasteiger partial charge in [0.15, 0.2) is 5.76 Å². The van der Waals surface area contributed by atoms with Gasteiger partial charge in [0.1, 0.15) is 29.0 Å². The molecule has 0 saturated heterocycles. The van der Waals surface area contributed by atoms with Crippen LogP contribution in [0.2, 0.25) is 0 Å². The second-order valence-corrected chi connectivity index (χ2v) is 17.0. The van der Waals surface area contributed by atoms with Crippen molar-refractivity contribution in [3.05, 3.63) is 194 Å². The summed E-state index contributed by atoms with van der Waals surface area (Å²) in [5, 5.41) is 18.3. The molecule has 0 amide bonds. The van der Waals surface area contributed by atoms with Gasteiger partial charge in [-0.15, -0.1) is 0 Å². The summed E-state index contributed by atoms with van der Waals surface area (Å²) in [6.45, 7) is -2.61. The molecule has 0 aromatic heterocycles. The van der Waals surface area contributed by atoms with Crippen molar-refractivity contribution in [2.24, 2.45) is 0 Å². The summed E-state index contributed by atoms with van der Waals surface area (Å²) in [4.78, 5) is 14.5. The molecule has 0 atom stereocenters. The Bertz CT molecular complexity index is 1710. The molecule has 0 saturated carbocycles. The minimum absolute atomic E-state index is 0.248. The maximum atomic E-state index is 14.5. The standard InChI is InChI=1S/C40H32O2P2/c41-39(31-43(33-19-7-1-8-20-33,34-21-9-2-10-22-34)35-23-11-3-12-24-35)40(42)32-44(36-25-13-4-14-26-36,37-27-15-5-16-28-37)38-29-17-6-18-30-38/h1-32H/p+1/b39-31-. The van der Waals surface area contributed by atoms with Crippen molar-refractivity contribution in [3.63, 3.8) is 0 Å². The van der Waals surface area contributed by atoms with Crippen molar-refractivity contribution in [1.29, 1.82) is 0 Å². The molecular weight excluding hydrogens is 574 g/mol. The molecule has 6 rings (SSSR count). The maximum Gasteiger partial charge on any atom is 0.224 e. The smallest absolute Gasteiger partial charge is 0.224 e. The highest BCUT2D eigenvalue weighted by molar-refractivity contribution is 7.98. The lowest BCUT2D eigenvalue weighted by atomic mass is 10.3. The molecule has 0 spiro atoms. The summed E-state index contributed by atoms with van der Waals surface area (Å²) in [7, 11) is -2.59. The van der Waals surface area contributed by atoms with Crippen molar-refractivity contribution < 1.29 is 9.90 Å². The van der Waals surface area contributed by atoms with Crippen LogP contribution in [0.5, 0.6) is 0 Å². The fourth-order valence-electron chi connectivity index (χ4n) is 5.81. The number of allylic oxidation sites excluding steroid dienone is 1. The van der Waals surface area contributed by atoms with Gasteiger partial charge in [0, 0.05) is 0 Å². The largest absolute Gasteiger partial charge is 0.502 e. The van der Waals surface area contributed by atoms with E-state index in [0.29, 0.717) is 0 Å². The molecule has 2 nitrogen and oxygen atoms in total. The molecule has 0 aliphatic carbocycles. The van der Waals surface area contributed by atoms with Crippen LogP contribution in [0, 0.1) is 0 Å². The van der Waals surface area contributed by atoms with Crippen molar-refractivity contribution in [2.45, 2.75) is 0 Å². The number of Topliss-reactive ketones (excluding diaryl/α,β-unsaturated/α-hetero) is 1. The van der Waals surface area contributed by atoms with E-state index in [9.17, 15) is 9.90 Å². The van der Waals surface area contributed by atoms with Crippen LogP contribution in [0.4, 0.5) is 0 Å². The minimum Gasteiger partial charge on any atom is -0.502 e. The van der Waals surface area contributed by atoms with E-state index in [4.69, 9.17) is 0 Å². The van der Waals surface area contributed by atoms with Crippen molar-refractivity contribution in [1.82, 2.24) is 0 Å². The number of hydrogen-bond acceptors (Lipinski definition) is 2. The van der Waals surface area contributed by atoms with Crippen molar-refractivity contribution in [2.75, 3.05) is 0 Å². The number of rotatable bonds is 9. The molecule has 6 aromatic rings. The van der Waals surface area contributed by atoms with Gasteiger partial charge in [-0.3, -0.25) is 4.79 Å². The third-order valence-electron chi connectivity index (χ3n) is 7.86. The number of ketones is 1. The first kappa shape index (κ1) is 29.3. The highest BCUT2D eigenvalue weighted by atomic mass is 31.2. The second-order valence-electron chi connectivity index (χ2n) is 10.5. The predicted molar refractivity (Wildman–Crippen MR) is 192 cm³/mol. The Morgan fingerprint density at radius 2 is 0.727 bits per heavy atom. The lowest BCUT2D eigenvalue weighted by Gasteiger charge is -2.28. The first-order valence-electron chi connectivity index (χ1n) is 14.6. The first-order chi connectivity index (χ1) is 21.6. The Kier molecular flexibility index (Phi) is 8.85. The summed E-state index contributed by atoms with van der Waals surface area (Å²) in [5.41, 5.74) is 0. The predicted octanol–water partition coefficient (Wildman–Crippen LogP) is 6.75. The normalized spacial score (nSPS) is 12.0. The van der Waals surface area contributed by atoms with E-state index >= 15 is 0 Å². The van der Waals surface area contributed by atoms with Gasteiger partial charge < -0.3 is 5.11 Å². The molecule has 0 bridgehead atoms. The Balaban J connectivity index is 1.64.